The van der Waals surface area contributed by atoms with Crippen molar-refractivity contribution in [1.29, 1.82) is 0 Å². The second-order valence-corrected chi connectivity index (χ2v) is 8.09. The lowest BCUT2D eigenvalue weighted by atomic mass is 10.1. The minimum absolute atomic E-state index is 0.0756. The van der Waals surface area contributed by atoms with Crippen molar-refractivity contribution in [3.8, 4) is 0 Å². The van der Waals surface area contributed by atoms with Gasteiger partial charge in [-0.1, -0.05) is 23.7 Å². The third-order valence-electron chi connectivity index (χ3n) is 6.06. The Kier molecular flexibility index (Phi) is 4.10. The topological polar surface area (TPSA) is 63.0 Å². The summed E-state index contributed by atoms with van der Waals surface area (Å²) in [5.74, 6) is 0.924. The number of aliphatic hydroxyl groups excluding tert-OH is 1. The molecular weight excluding hydrogens is 360 g/mol. The van der Waals surface area contributed by atoms with Crippen molar-refractivity contribution in [2.75, 3.05) is 5.32 Å². The van der Waals surface area contributed by atoms with Crippen LogP contribution in [0.2, 0.25) is 5.02 Å². The molecule has 1 saturated carbocycles. The highest BCUT2D eigenvalue weighted by Crippen LogP contribution is 2.40. The van der Waals surface area contributed by atoms with E-state index in [-0.39, 0.29) is 24.1 Å². The monoisotopic (exact) mass is 381 g/mol. The van der Waals surface area contributed by atoms with Crippen LogP contribution < -0.4 is 5.32 Å². The summed E-state index contributed by atoms with van der Waals surface area (Å²) in [7, 11) is 0. The number of nitrogens with zero attached hydrogens (tertiary/aromatic N) is 3. The van der Waals surface area contributed by atoms with Gasteiger partial charge < -0.3 is 15.0 Å². The molecule has 2 aliphatic carbocycles. The normalized spacial score (nSPS) is 27.2. The minimum atomic E-state index is -0.341. The molecule has 0 unspecified atom stereocenters. The molecule has 1 radical (unpaired) electrons. The zero-order chi connectivity index (χ0) is 18.5. The van der Waals surface area contributed by atoms with Gasteiger partial charge in [0, 0.05) is 17.3 Å². The minimum Gasteiger partial charge on any atom is -0.393 e. The Morgan fingerprint density at radius 1 is 1.22 bits per heavy atom. The van der Waals surface area contributed by atoms with Crippen LogP contribution in [0.25, 0.3) is 11.0 Å². The Balaban J connectivity index is 1.47. The highest BCUT2D eigenvalue weighted by Gasteiger charge is 2.32. The molecule has 27 heavy (non-hydrogen) atoms. The summed E-state index contributed by atoms with van der Waals surface area (Å²) in [5, 5.41) is 15.5. The summed E-state index contributed by atoms with van der Waals surface area (Å²) >= 11 is 6.35. The largest absolute Gasteiger partial charge is 0.393 e. The molecule has 0 amide bonds. The second-order valence-electron chi connectivity index (χ2n) is 7.68. The maximum Gasteiger partial charge on any atom is 0.145 e. The molecule has 2 heterocycles. The number of benzene rings is 1. The van der Waals surface area contributed by atoms with E-state index in [1.165, 1.54) is 11.1 Å². The molecule has 2 aliphatic rings. The number of hydrogen-bond donors (Lipinski definition) is 2. The summed E-state index contributed by atoms with van der Waals surface area (Å²) in [6, 6.07) is 8.61. The first-order valence-corrected chi connectivity index (χ1v) is 9.86. The highest BCUT2D eigenvalue weighted by atomic mass is 35.5. The quantitative estimate of drug-likeness (QED) is 0.708. The number of rotatable bonds is 3. The second kappa shape index (κ2) is 6.50. The van der Waals surface area contributed by atoms with E-state index in [2.05, 4.69) is 45.1 Å². The van der Waals surface area contributed by atoms with Crippen molar-refractivity contribution in [3.63, 3.8) is 0 Å². The van der Waals surface area contributed by atoms with Gasteiger partial charge in [0.1, 0.15) is 17.8 Å². The molecule has 3 aromatic rings. The lowest BCUT2D eigenvalue weighted by Gasteiger charge is -2.16. The van der Waals surface area contributed by atoms with Crippen LogP contribution in [0.3, 0.4) is 0 Å². The lowest BCUT2D eigenvalue weighted by molar-refractivity contribution is 0.149. The molecule has 4 atom stereocenters. The molecule has 2 N–H and O–H groups in total. The van der Waals surface area contributed by atoms with E-state index in [4.69, 9.17) is 11.6 Å². The number of aromatic nitrogens is 3. The maximum atomic E-state index is 10.1. The fraction of sp³-hybridized carbons (Fsp3) is 0.381. The van der Waals surface area contributed by atoms with E-state index in [0.29, 0.717) is 0 Å². The van der Waals surface area contributed by atoms with Gasteiger partial charge in [-0.15, -0.1) is 0 Å². The molecule has 139 valence electrons. The number of nitrogens with one attached hydrogen (secondary N) is 1. The fourth-order valence-corrected chi connectivity index (χ4v) is 4.88. The number of halogens is 1. The summed E-state index contributed by atoms with van der Waals surface area (Å²) in [6.07, 6.45) is 6.90. The van der Waals surface area contributed by atoms with Crippen LogP contribution >= 0.6 is 11.6 Å². The molecule has 0 bridgehead atoms. The van der Waals surface area contributed by atoms with Crippen LogP contribution in [0.5, 0.6) is 0 Å². The standard InChI is InChI=1S/C21H22ClN4O/c1-12-9-13(10-19(12)27)26-8-7-16-20(23-11-24-21(16)26)25-18-6-5-14-15(18)3-2-4-17(14)22/h2-4,7-8,11-13,18-19,27H,1,5-6,9-10H2,(H,23,24,25)/t12-,13+,18+,19-/m0/s1. The number of hydrogen-bond acceptors (Lipinski definition) is 4. The van der Waals surface area contributed by atoms with Gasteiger partial charge in [0.05, 0.1) is 17.5 Å². The summed E-state index contributed by atoms with van der Waals surface area (Å²) in [5.41, 5.74) is 3.40. The van der Waals surface area contributed by atoms with Gasteiger partial charge in [-0.25, -0.2) is 9.97 Å². The van der Waals surface area contributed by atoms with Crippen molar-refractivity contribution in [3.05, 3.63) is 59.9 Å². The molecule has 0 spiro atoms. The molecule has 0 saturated heterocycles. The molecule has 2 aromatic heterocycles. The van der Waals surface area contributed by atoms with Gasteiger partial charge in [0.25, 0.3) is 0 Å². The maximum absolute atomic E-state index is 10.1. The first kappa shape index (κ1) is 17.0. The fourth-order valence-electron chi connectivity index (χ4n) is 4.61. The average Bonchev–Trinajstić information content (AvgIpc) is 3.34. The Labute approximate surface area is 163 Å². The Hall–Kier alpha value is -2.11. The Morgan fingerprint density at radius 3 is 2.93 bits per heavy atom. The lowest BCUT2D eigenvalue weighted by Crippen LogP contribution is -2.10. The van der Waals surface area contributed by atoms with E-state index in [1.807, 2.05) is 12.1 Å². The van der Waals surface area contributed by atoms with E-state index >= 15 is 0 Å². The van der Waals surface area contributed by atoms with Crippen LogP contribution in [-0.2, 0) is 6.42 Å². The van der Waals surface area contributed by atoms with Crippen molar-refractivity contribution in [2.45, 2.75) is 43.9 Å². The molecule has 1 aromatic carbocycles. The molecule has 1 fully saturated rings. The van der Waals surface area contributed by atoms with E-state index < -0.39 is 0 Å². The predicted octanol–water partition coefficient (Wildman–Crippen LogP) is 4.33. The average molecular weight is 382 g/mol. The number of anilines is 1. The summed E-state index contributed by atoms with van der Waals surface area (Å²) in [4.78, 5) is 9.02. The van der Waals surface area contributed by atoms with Crippen molar-refractivity contribution in [2.24, 2.45) is 5.92 Å². The van der Waals surface area contributed by atoms with Crippen LogP contribution in [0.15, 0.2) is 36.8 Å². The van der Waals surface area contributed by atoms with Crippen LogP contribution in [0.4, 0.5) is 5.82 Å². The van der Waals surface area contributed by atoms with Crippen LogP contribution in [0, 0.1) is 12.8 Å². The predicted molar refractivity (Wildman–Crippen MR) is 107 cm³/mol. The van der Waals surface area contributed by atoms with Crippen molar-refractivity contribution in [1.82, 2.24) is 14.5 Å². The van der Waals surface area contributed by atoms with Crippen LogP contribution in [-0.4, -0.2) is 25.7 Å². The molecule has 6 heteroatoms. The van der Waals surface area contributed by atoms with Gasteiger partial charge in [-0.05, 0) is 61.8 Å². The smallest absolute Gasteiger partial charge is 0.145 e. The molecular formula is C21H22ClN4O. The van der Waals surface area contributed by atoms with Gasteiger partial charge in [-0.3, -0.25) is 0 Å². The first-order valence-electron chi connectivity index (χ1n) is 9.48. The van der Waals surface area contributed by atoms with Crippen LogP contribution in [0.1, 0.15) is 42.5 Å². The summed E-state index contributed by atoms with van der Waals surface area (Å²) < 4.78 is 2.16. The van der Waals surface area contributed by atoms with Crippen molar-refractivity contribution >= 4 is 28.5 Å². The number of fused-ring (bicyclic) bond motifs is 2. The zero-order valence-electron chi connectivity index (χ0n) is 15.0. The van der Waals surface area contributed by atoms with Gasteiger partial charge in [0.15, 0.2) is 0 Å². The first-order chi connectivity index (χ1) is 13.1. The van der Waals surface area contributed by atoms with E-state index in [0.717, 1.165) is 47.6 Å². The van der Waals surface area contributed by atoms with Gasteiger partial charge in [-0.2, -0.15) is 0 Å². The van der Waals surface area contributed by atoms with Gasteiger partial charge in [0.2, 0.25) is 0 Å². The third kappa shape index (κ3) is 2.80. The molecule has 5 nitrogen and oxygen atoms in total. The highest BCUT2D eigenvalue weighted by molar-refractivity contribution is 6.31. The number of aliphatic hydroxyl groups is 1. The third-order valence-corrected chi connectivity index (χ3v) is 6.41. The van der Waals surface area contributed by atoms with Crippen molar-refractivity contribution < 1.29 is 5.11 Å². The van der Waals surface area contributed by atoms with Gasteiger partial charge >= 0.3 is 0 Å². The molecule has 0 aliphatic heterocycles. The Morgan fingerprint density at radius 2 is 2.11 bits per heavy atom. The summed E-state index contributed by atoms with van der Waals surface area (Å²) in [6.45, 7) is 4.05. The molecule has 5 rings (SSSR count). The Bertz CT molecular complexity index is 991. The zero-order valence-corrected chi connectivity index (χ0v) is 15.7. The SMILES string of the molecule is [CH2][C@H]1C[C@@H](n2ccc3c(N[C@@H]4CCc5c(Cl)cccc54)ncnc32)C[C@@H]1O. The van der Waals surface area contributed by atoms with E-state index in [1.54, 1.807) is 6.33 Å². The van der Waals surface area contributed by atoms with E-state index in [9.17, 15) is 5.11 Å².